The van der Waals surface area contributed by atoms with E-state index in [0.29, 0.717) is 0 Å². The van der Waals surface area contributed by atoms with Gasteiger partial charge in [-0.25, -0.2) is 0 Å². The molecule has 0 aliphatic carbocycles. The van der Waals surface area contributed by atoms with Gasteiger partial charge in [-0.2, -0.15) is 0 Å². The fraction of sp³-hybridized carbons (Fsp3) is 0.118. The van der Waals surface area contributed by atoms with Gasteiger partial charge >= 0.3 is 0 Å². The summed E-state index contributed by atoms with van der Waals surface area (Å²) in [5.74, 6) is 5.77. The van der Waals surface area contributed by atoms with Gasteiger partial charge < -0.3 is 0 Å². The fourth-order valence-corrected chi connectivity index (χ4v) is 2.65. The maximum atomic E-state index is 5.93. The van der Waals surface area contributed by atoms with Crippen LogP contribution in [0.15, 0.2) is 60.8 Å². The maximum absolute atomic E-state index is 5.93. The van der Waals surface area contributed by atoms with Crippen LogP contribution in [0.3, 0.4) is 0 Å². The predicted molar refractivity (Wildman–Crippen MR) is 87.0 cm³/mol. The number of nitrogens with zero attached hydrogens (tertiary/aromatic N) is 1. The molecule has 106 valence electrons. The summed E-state index contributed by atoms with van der Waals surface area (Å²) in [7, 11) is 0. The Balaban J connectivity index is 1.96. The van der Waals surface area contributed by atoms with Crippen LogP contribution in [0, 0.1) is 0 Å². The summed E-state index contributed by atoms with van der Waals surface area (Å²) in [5, 5.41) is 1.86. The van der Waals surface area contributed by atoms with Crippen molar-refractivity contribution in [1.29, 1.82) is 0 Å². The molecule has 3 nitrogen and oxygen atoms in total. The molecule has 0 aliphatic rings. The van der Waals surface area contributed by atoms with Crippen molar-refractivity contribution in [3.8, 4) is 0 Å². The van der Waals surface area contributed by atoms with E-state index in [1.165, 1.54) is 5.56 Å². The van der Waals surface area contributed by atoms with Crippen molar-refractivity contribution in [2.24, 2.45) is 5.84 Å². The summed E-state index contributed by atoms with van der Waals surface area (Å²) in [4.78, 5) is 4.49. The molecule has 1 aromatic heterocycles. The Morgan fingerprint density at radius 2 is 1.81 bits per heavy atom. The molecule has 0 radical (unpaired) electrons. The lowest BCUT2D eigenvalue weighted by Gasteiger charge is -2.18. The van der Waals surface area contributed by atoms with Gasteiger partial charge in [-0.15, -0.1) is 0 Å². The Bertz CT molecular complexity index is 735. The Labute approximate surface area is 128 Å². The lowest BCUT2D eigenvalue weighted by atomic mass is 9.97. The highest BCUT2D eigenvalue weighted by atomic mass is 35.5. The van der Waals surface area contributed by atoms with Crippen molar-refractivity contribution < 1.29 is 0 Å². The van der Waals surface area contributed by atoms with Crippen LogP contribution in [0.25, 0.3) is 10.9 Å². The molecule has 4 heteroatoms. The number of aromatic nitrogens is 1. The second-order valence-electron chi connectivity index (χ2n) is 4.97. The van der Waals surface area contributed by atoms with Crippen LogP contribution in [0.5, 0.6) is 0 Å². The number of hydrazine groups is 1. The summed E-state index contributed by atoms with van der Waals surface area (Å²) in [5.41, 5.74) is 6.16. The van der Waals surface area contributed by atoms with E-state index in [1.807, 2.05) is 42.6 Å². The number of para-hydroxylation sites is 1. The van der Waals surface area contributed by atoms with E-state index in [9.17, 15) is 0 Å². The first kappa shape index (κ1) is 14.0. The summed E-state index contributed by atoms with van der Waals surface area (Å²) < 4.78 is 0. The van der Waals surface area contributed by atoms with Crippen LogP contribution >= 0.6 is 11.6 Å². The van der Waals surface area contributed by atoms with Gasteiger partial charge in [0.25, 0.3) is 0 Å². The molecule has 1 unspecified atom stereocenters. The van der Waals surface area contributed by atoms with Crippen molar-refractivity contribution in [3.63, 3.8) is 0 Å². The van der Waals surface area contributed by atoms with Gasteiger partial charge in [0.15, 0.2) is 0 Å². The van der Waals surface area contributed by atoms with Crippen LogP contribution in [-0.4, -0.2) is 4.98 Å². The van der Waals surface area contributed by atoms with Crippen molar-refractivity contribution in [2.45, 2.75) is 12.5 Å². The average molecular weight is 298 g/mol. The summed E-state index contributed by atoms with van der Waals surface area (Å²) in [6, 6.07) is 18.0. The number of halogens is 1. The molecule has 1 heterocycles. The van der Waals surface area contributed by atoms with E-state index in [-0.39, 0.29) is 6.04 Å². The number of hydrogen-bond donors (Lipinski definition) is 2. The number of pyridine rings is 1. The number of benzene rings is 2. The predicted octanol–water partition coefficient (Wildman–Crippen LogP) is 3.64. The molecule has 21 heavy (non-hydrogen) atoms. The standard InChI is InChI=1S/C17H16ClN3/c18-14-8-6-12(7-9-14)11-16(21-19)15-5-1-3-13-4-2-10-20-17(13)15/h1-10,16,21H,11,19H2. The van der Waals surface area contributed by atoms with Gasteiger partial charge in [0, 0.05) is 16.6 Å². The quantitative estimate of drug-likeness (QED) is 0.571. The molecule has 0 aliphatic heterocycles. The van der Waals surface area contributed by atoms with Crippen LogP contribution in [0.4, 0.5) is 0 Å². The number of fused-ring (bicyclic) bond motifs is 1. The largest absolute Gasteiger partial charge is 0.271 e. The lowest BCUT2D eigenvalue weighted by Crippen LogP contribution is -2.29. The van der Waals surface area contributed by atoms with Gasteiger partial charge in [-0.3, -0.25) is 16.3 Å². The topological polar surface area (TPSA) is 50.9 Å². The van der Waals surface area contributed by atoms with Crippen molar-refractivity contribution in [3.05, 3.63) is 76.9 Å². The first-order valence-electron chi connectivity index (χ1n) is 6.82. The molecule has 1 atom stereocenters. The third kappa shape index (κ3) is 3.05. The Hall–Kier alpha value is -1.94. The normalized spacial score (nSPS) is 12.5. The molecule has 0 spiro atoms. The van der Waals surface area contributed by atoms with Crippen molar-refractivity contribution in [1.82, 2.24) is 10.4 Å². The molecular formula is C17H16ClN3. The number of rotatable bonds is 4. The molecule has 3 aromatic rings. The summed E-state index contributed by atoms with van der Waals surface area (Å²) >= 11 is 5.93. The van der Waals surface area contributed by atoms with Gasteiger partial charge in [-0.05, 0) is 35.7 Å². The second-order valence-corrected chi connectivity index (χ2v) is 5.41. The number of nitrogens with two attached hydrogens (primary N) is 1. The molecule has 0 bridgehead atoms. The van der Waals surface area contributed by atoms with Crippen LogP contribution in [0.2, 0.25) is 5.02 Å². The van der Waals surface area contributed by atoms with E-state index < -0.39 is 0 Å². The van der Waals surface area contributed by atoms with E-state index in [4.69, 9.17) is 17.4 Å². The molecule has 0 amide bonds. The maximum Gasteiger partial charge on any atom is 0.0750 e. The smallest absolute Gasteiger partial charge is 0.0750 e. The Morgan fingerprint density at radius 1 is 1.05 bits per heavy atom. The third-order valence-electron chi connectivity index (χ3n) is 3.59. The average Bonchev–Trinajstić information content (AvgIpc) is 2.54. The molecule has 3 rings (SSSR count). The van der Waals surface area contributed by atoms with Crippen molar-refractivity contribution in [2.75, 3.05) is 0 Å². The lowest BCUT2D eigenvalue weighted by molar-refractivity contribution is 0.555. The minimum Gasteiger partial charge on any atom is -0.271 e. The zero-order valence-corrected chi connectivity index (χ0v) is 12.2. The zero-order chi connectivity index (χ0) is 14.7. The minimum atomic E-state index is 0.00442. The van der Waals surface area contributed by atoms with Gasteiger partial charge in [0.1, 0.15) is 0 Å². The molecule has 3 N–H and O–H groups in total. The van der Waals surface area contributed by atoms with E-state index in [0.717, 1.165) is 27.9 Å². The highest BCUT2D eigenvalue weighted by Gasteiger charge is 2.14. The van der Waals surface area contributed by atoms with Gasteiger partial charge in [-0.1, -0.05) is 48.0 Å². The van der Waals surface area contributed by atoms with E-state index in [2.05, 4.69) is 28.6 Å². The second kappa shape index (κ2) is 6.22. The molecule has 2 aromatic carbocycles. The SMILES string of the molecule is NNC(Cc1ccc(Cl)cc1)c1cccc2cccnc12. The monoisotopic (exact) mass is 297 g/mol. The summed E-state index contributed by atoms with van der Waals surface area (Å²) in [6.07, 6.45) is 2.59. The highest BCUT2D eigenvalue weighted by Crippen LogP contribution is 2.25. The number of nitrogens with one attached hydrogen (secondary N) is 1. The molecule has 0 saturated heterocycles. The van der Waals surface area contributed by atoms with E-state index in [1.54, 1.807) is 0 Å². The van der Waals surface area contributed by atoms with Crippen LogP contribution in [0.1, 0.15) is 17.2 Å². The van der Waals surface area contributed by atoms with E-state index >= 15 is 0 Å². The zero-order valence-electron chi connectivity index (χ0n) is 11.5. The van der Waals surface area contributed by atoms with Gasteiger partial charge in [0.2, 0.25) is 0 Å². The van der Waals surface area contributed by atoms with Crippen LogP contribution < -0.4 is 11.3 Å². The third-order valence-corrected chi connectivity index (χ3v) is 3.85. The number of hydrogen-bond acceptors (Lipinski definition) is 3. The highest BCUT2D eigenvalue weighted by molar-refractivity contribution is 6.30. The Morgan fingerprint density at radius 3 is 2.57 bits per heavy atom. The molecular weight excluding hydrogens is 282 g/mol. The minimum absolute atomic E-state index is 0.00442. The fourth-order valence-electron chi connectivity index (χ4n) is 2.52. The first-order chi connectivity index (χ1) is 10.3. The first-order valence-corrected chi connectivity index (χ1v) is 7.20. The summed E-state index contributed by atoms with van der Waals surface area (Å²) in [6.45, 7) is 0. The Kier molecular flexibility index (Phi) is 4.15. The van der Waals surface area contributed by atoms with Gasteiger partial charge in [0.05, 0.1) is 11.6 Å². The molecule has 0 saturated carbocycles. The molecule has 0 fully saturated rings. The van der Waals surface area contributed by atoms with Crippen LogP contribution in [-0.2, 0) is 6.42 Å². The van der Waals surface area contributed by atoms with Crippen molar-refractivity contribution >= 4 is 22.5 Å².